The fraction of sp³-hybridized carbons (Fsp3) is 0.913. The molecular formula is C23H45O8P. The zero-order valence-electron chi connectivity index (χ0n) is 20.4. The van der Waals surface area contributed by atoms with Crippen molar-refractivity contribution in [3.63, 3.8) is 0 Å². The lowest BCUT2D eigenvalue weighted by Gasteiger charge is -2.19. The van der Waals surface area contributed by atoms with Crippen LogP contribution in [0.1, 0.15) is 111 Å². The Morgan fingerprint density at radius 2 is 1.22 bits per heavy atom. The predicted octanol–water partition coefficient (Wildman–Crippen LogP) is 6.10. The molecular weight excluding hydrogens is 435 g/mol. The number of hydrogen-bond acceptors (Lipinski definition) is 7. The lowest BCUT2D eigenvalue weighted by atomic mass is 10.1. The summed E-state index contributed by atoms with van der Waals surface area (Å²) in [7, 11) is -4.24. The highest BCUT2D eigenvalue weighted by Gasteiger charge is 2.25. The van der Waals surface area contributed by atoms with Gasteiger partial charge in [-0.25, -0.2) is 4.57 Å². The third kappa shape index (κ3) is 19.7. The molecule has 0 aromatic carbocycles. The number of phosphoric acid groups is 1. The number of carbonyl (C=O) groups excluding carboxylic acids is 2. The average molecular weight is 481 g/mol. The number of carbonyl (C=O) groups is 2. The number of unbranched alkanes of at least 4 members (excludes halogenated alkanes) is 10. The summed E-state index contributed by atoms with van der Waals surface area (Å²) in [5.41, 5.74) is 0. The van der Waals surface area contributed by atoms with Gasteiger partial charge in [0.2, 0.25) is 0 Å². The van der Waals surface area contributed by atoms with Gasteiger partial charge in [-0.05, 0) is 19.8 Å². The quantitative estimate of drug-likeness (QED) is 0.113. The van der Waals surface area contributed by atoms with E-state index in [0.29, 0.717) is 12.8 Å². The Morgan fingerprint density at radius 3 is 1.75 bits per heavy atom. The standard InChI is InChI=1S/C23H45O8P/c1-4-7-9-11-12-14-15-17-22(24)28-19-21(20-30-32(26,27)29-6-3)31-23(25)18-16-13-10-8-5-2/h21H,4-20H2,1-3H3,(H,26,27)/t21-/m1/s1. The van der Waals surface area contributed by atoms with Gasteiger partial charge < -0.3 is 14.4 Å². The second kappa shape index (κ2) is 20.6. The van der Waals surface area contributed by atoms with E-state index in [0.717, 1.165) is 44.9 Å². The van der Waals surface area contributed by atoms with E-state index in [1.54, 1.807) is 6.92 Å². The number of hydrogen-bond donors (Lipinski definition) is 1. The van der Waals surface area contributed by atoms with Crippen LogP contribution in [0.5, 0.6) is 0 Å². The molecule has 0 aliphatic rings. The monoisotopic (exact) mass is 480 g/mol. The third-order valence-corrected chi connectivity index (χ3v) is 5.97. The Balaban J connectivity index is 4.37. The zero-order chi connectivity index (χ0) is 24.1. The molecule has 0 heterocycles. The minimum atomic E-state index is -4.24. The van der Waals surface area contributed by atoms with E-state index >= 15 is 0 Å². The van der Waals surface area contributed by atoms with Gasteiger partial charge in [-0.3, -0.25) is 18.6 Å². The number of esters is 2. The van der Waals surface area contributed by atoms with Gasteiger partial charge in [0.1, 0.15) is 6.61 Å². The van der Waals surface area contributed by atoms with Crippen LogP contribution >= 0.6 is 7.82 Å². The van der Waals surface area contributed by atoms with Crippen molar-refractivity contribution in [1.29, 1.82) is 0 Å². The van der Waals surface area contributed by atoms with E-state index in [1.807, 2.05) is 0 Å². The van der Waals surface area contributed by atoms with Gasteiger partial charge in [0, 0.05) is 12.8 Å². The molecule has 0 amide bonds. The first kappa shape index (κ1) is 31.0. The summed E-state index contributed by atoms with van der Waals surface area (Å²) in [6.45, 7) is 5.26. The molecule has 0 aromatic heterocycles. The van der Waals surface area contributed by atoms with Crippen molar-refractivity contribution in [3.8, 4) is 0 Å². The Hall–Kier alpha value is -0.950. The van der Waals surface area contributed by atoms with Gasteiger partial charge >= 0.3 is 19.8 Å². The van der Waals surface area contributed by atoms with Gasteiger partial charge in [0.05, 0.1) is 13.2 Å². The molecule has 1 N–H and O–H groups in total. The van der Waals surface area contributed by atoms with Crippen molar-refractivity contribution >= 4 is 19.8 Å². The van der Waals surface area contributed by atoms with Crippen molar-refractivity contribution in [3.05, 3.63) is 0 Å². The second-order valence-corrected chi connectivity index (χ2v) is 9.47. The van der Waals surface area contributed by atoms with Crippen molar-refractivity contribution in [2.24, 2.45) is 0 Å². The molecule has 1 unspecified atom stereocenters. The molecule has 2 atom stereocenters. The molecule has 32 heavy (non-hydrogen) atoms. The fourth-order valence-corrected chi connectivity index (χ4v) is 3.85. The van der Waals surface area contributed by atoms with Crippen molar-refractivity contribution in [2.45, 2.75) is 117 Å². The molecule has 0 fully saturated rings. The summed E-state index contributed by atoms with van der Waals surface area (Å²) in [6.07, 6.45) is 12.2. The number of phosphoric ester groups is 1. The summed E-state index contributed by atoms with van der Waals surface area (Å²) >= 11 is 0. The Bertz CT molecular complexity index is 526. The molecule has 0 bridgehead atoms. The molecule has 8 nitrogen and oxygen atoms in total. The maximum absolute atomic E-state index is 12.1. The molecule has 0 aliphatic heterocycles. The maximum atomic E-state index is 12.1. The first-order valence-electron chi connectivity index (χ1n) is 12.3. The van der Waals surface area contributed by atoms with Crippen LogP contribution in [0, 0.1) is 0 Å². The summed E-state index contributed by atoms with van der Waals surface area (Å²) in [6, 6.07) is 0. The Labute approximate surface area is 194 Å². The maximum Gasteiger partial charge on any atom is 0.472 e. The molecule has 0 aromatic rings. The molecule has 190 valence electrons. The van der Waals surface area contributed by atoms with Crippen molar-refractivity contribution in [1.82, 2.24) is 0 Å². The van der Waals surface area contributed by atoms with Crippen LogP contribution in [0.15, 0.2) is 0 Å². The van der Waals surface area contributed by atoms with Crippen LogP contribution < -0.4 is 0 Å². The molecule has 0 aliphatic carbocycles. The van der Waals surface area contributed by atoms with E-state index in [9.17, 15) is 19.0 Å². The highest BCUT2D eigenvalue weighted by atomic mass is 31.2. The molecule has 9 heteroatoms. The van der Waals surface area contributed by atoms with E-state index in [1.165, 1.54) is 25.7 Å². The van der Waals surface area contributed by atoms with Crippen molar-refractivity contribution < 1.29 is 37.6 Å². The van der Waals surface area contributed by atoms with Gasteiger partial charge in [0.15, 0.2) is 6.10 Å². The van der Waals surface area contributed by atoms with Crippen molar-refractivity contribution in [2.75, 3.05) is 19.8 Å². The van der Waals surface area contributed by atoms with Crippen LogP contribution in [0.25, 0.3) is 0 Å². The smallest absolute Gasteiger partial charge is 0.462 e. The minimum absolute atomic E-state index is 0.00340. The van der Waals surface area contributed by atoms with E-state index in [4.69, 9.17) is 14.0 Å². The average Bonchev–Trinajstić information content (AvgIpc) is 2.74. The fourth-order valence-electron chi connectivity index (χ4n) is 3.10. The summed E-state index contributed by atoms with van der Waals surface area (Å²) in [5, 5.41) is 0. The molecule has 0 radical (unpaired) electrons. The van der Waals surface area contributed by atoms with E-state index in [-0.39, 0.29) is 32.2 Å². The van der Waals surface area contributed by atoms with Crippen LogP contribution in [0.4, 0.5) is 0 Å². The normalized spacial score (nSPS) is 14.0. The van der Waals surface area contributed by atoms with Gasteiger partial charge in [-0.1, -0.05) is 78.1 Å². The summed E-state index contributed by atoms with van der Waals surface area (Å²) in [5.74, 6) is -0.821. The third-order valence-electron chi connectivity index (χ3n) is 4.91. The highest BCUT2D eigenvalue weighted by molar-refractivity contribution is 7.47. The largest absolute Gasteiger partial charge is 0.472 e. The second-order valence-electron chi connectivity index (χ2n) is 8.01. The van der Waals surface area contributed by atoms with Gasteiger partial charge in [0.25, 0.3) is 0 Å². The van der Waals surface area contributed by atoms with Crippen LogP contribution in [-0.2, 0) is 32.7 Å². The zero-order valence-corrected chi connectivity index (χ0v) is 21.2. The number of rotatable bonds is 22. The first-order valence-corrected chi connectivity index (χ1v) is 13.8. The predicted molar refractivity (Wildman–Crippen MR) is 124 cm³/mol. The van der Waals surface area contributed by atoms with Crippen LogP contribution in [0.3, 0.4) is 0 Å². The molecule has 0 rings (SSSR count). The summed E-state index contributed by atoms with van der Waals surface area (Å²) < 4.78 is 31.8. The molecule has 0 saturated heterocycles. The first-order chi connectivity index (χ1) is 15.3. The summed E-state index contributed by atoms with van der Waals surface area (Å²) in [4.78, 5) is 33.7. The topological polar surface area (TPSA) is 108 Å². The van der Waals surface area contributed by atoms with Gasteiger partial charge in [-0.2, -0.15) is 0 Å². The Morgan fingerprint density at radius 1 is 0.719 bits per heavy atom. The molecule has 0 saturated carbocycles. The lowest BCUT2D eigenvalue weighted by molar-refractivity contribution is -0.161. The van der Waals surface area contributed by atoms with Crippen LogP contribution in [-0.4, -0.2) is 42.8 Å². The SMILES string of the molecule is CCCCCCCCCC(=O)OC[C@H](COP(=O)(O)OCC)OC(=O)CCCCCCC. The van der Waals surface area contributed by atoms with E-state index < -0.39 is 19.9 Å². The molecule has 0 spiro atoms. The Kier molecular flexibility index (Phi) is 20.0. The minimum Gasteiger partial charge on any atom is -0.462 e. The van der Waals surface area contributed by atoms with Crippen LogP contribution in [0.2, 0.25) is 0 Å². The number of ether oxygens (including phenoxy) is 2. The highest BCUT2D eigenvalue weighted by Crippen LogP contribution is 2.43. The lowest BCUT2D eigenvalue weighted by Crippen LogP contribution is -2.29. The van der Waals surface area contributed by atoms with Gasteiger partial charge in [-0.15, -0.1) is 0 Å². The van der Waals surface area contributed by atoms with E-state index in [2.05, 4.69) is 18.4 Å².